The molecule has 0 unspecified atom stereocenters. The molecule has 0 fully saturated rings. The molecule has 0 saturated carbocycles. The molecule has 0 amide bonds. The van der Waals surface area contributed by atoms with Gasteiger partial charge in [-0.1, -0.05) is 119 Å². The number of hydrogen-bond donors (Lipinski definition) is 0. The number of unbranched alkanes of at least 4 members (excludes halogenated alkanes) is 9. The molecular weight excluding hydrogens is 320 g/mol. The van der Waals surface area contributed by atoms with Crippen molar-refractivity contribution >= 4 is 11.6 Å². The van der Waals surface area contributed by atoms with Crippen LogP contribution in [0.25, 0.3) is 0 Å². The van der Waals surface area contributed by atoms with Crippen molar-refractivity contribution in [2.75, 3.05) is 0 Å². The molecule has 0 N–H and O–H groups in total. The fraction of sp³-hybridized carbons (Fsp3) is 0.917. The van der Waals surface area contributed by atoms with Crippen LogP contribution in [0.5, 0.6) is 0 Å². The maximum absolute atomic E-state index is 9.44. The van der Waals surface area contributed by atoms with E-state index in [0.29, 0.717) is 0 Å². The van der Waals surface area contributed by atoms with Crippen molar-refractivity contribution in [3.63, 3.8) is 0 Å². The van der Waals surface area contributed by atoms with Gasteiger partial charge in [0.2, 0.25) is 0 Å². The summed E-state index contributed by atoms with van der Waals surface area (Å²) in [6, 6.07) is 0. The summed E-state index contributed by atoms with van der Waals surface area (Å²) in [7, 11) is 0. The monoisotopic (exact) mass is 374 g/mol. The van der Waals surface area contributed by atoms with Gasteiger partial charge in [0.05, 0.1) is 0 Å². The maximum Gasteiger partial charge on any atom is 0.126 e. The Bertz CT molecular complexity index is 171. The van der Waals surface area contributed by atoms with Gasteiger partial charge in [-0.3, -0.25) is 0 Å². The molecule has 26 heavy (non-hydrogen) atoms. The summed E-state index contributed by atoms with van der Waals surface area (Å²) >= 11 is 0. The second-order valence-electron chi connectivity index (χ2n) is 6.94. The van der Waals surface area contributed by atoms with E-state index in [4.69, 9.17) is 0 Å². The van der Waals surface area contributed by atoms with Crippen LogP contribution >= 0.6 is 0 Å². The number of rotatable bonds is 9. The fourth-order valence-electron chi connectivity index (χ4n) is 1.50. The second kappa shape index (κ2) is 44.1. The van der Waals surface area contributed by atoms with Crippen LogP contribution < -0.4 is 0 Å². The summed E-state index contributed by atoms with van der Waals surface area (Å²) in [5, 5.41) is 0. The van der Waals surface area contributed by atoms with Gasteiger partial charge < -0.3 is 9.59 Å². The van der Waals surface area contributed by atoms with E-state index in [2.05, 4.69) is 41.5 Å². The Morgan fingerprint density at radius 3 is 0.500 bits per heavy atom. The lowest BCUT2D eigenvalue weighted by molar-refractivity contribution is -0.115. The topological polar surface area (TPSA) is 34.1 Å². The minimum absolute atomic E-state index is 0.167. The molecule has 2 heteroatoms. The smallest absolute Gasteiger partial charge is 0.126 e. The third kappa shape index (κ3) is 167. The van der Waals surface area contributed by atoms with Gasteiger partial charge in [-0.2, -0.15) is 0 Å². The van der Waals surface area contributed by atoms with Gasteiger partial charge in [0.15, 0.2) is 0 Å². The van der Waals surface area contributed by atoms with E-state index >= 15 is 0 Å². The highest BCUT2D eigenvalue weighted by molar-refractivity contribution is 5.72. The summed E-state index contributed by atoms with van der Waals surface area (Å²) in [5.41, 5.74) is 0. The van der Waals surface area contributed by atoms with E-state index in [1.54, 1.807) is 0 Å². The lowest BCUT2D eigenvalue weighted by atomic mass is 10.2. The van der Waals surface area contributed by atoms with E-state index in [1.807, 2.05) is 0 Å². The van der Waals surface area contributed by atoms with Gasteiger partial charge in [0.1, 0.15) is 11.6 Å². The zero-order valence-electron chi connectivity index (χ0n) is 20.3. The Labute approximate surface area is 167 Å². The first kappa shape index (κ1) is 36.3. The molecule has 0 aliphatic carbocycles. The molecule has 0 aliphatic heterocycles. The molecule has 0 bridgehead atoms. The Kier molecular flexibility index (Phi) is 61.5. The summed E-state index contributed by atoms with van der Waals surface area (Å²) in [5.74, 6) is 0.333. The van der Waals surface area contributed by atoms with Gasteiger partial charge in [-0.05, 0) is 27.7 Å². The lowest BCUT2D eigenvalue weighted by Gasteiger charge is -1.86. The Hall–Kier alpha value is -0.660. The average molecular weight is 375 g/mol. The van der Waals surface area contributed by atoms with Gasteiger partial charge >= 0.3 is 0 Å². The number of Topliss-reactive ketones (excluding diaryl/α,β-unsaturated/α-hetero) is 2. The van der Waals surface area contributed by atoms with Gasteiger partial charge in [0, 0.05) is 0 Å². The summed E-state index contributed by atoms with van der Waals surface area (Å²) in [6.45, 7) is 19.5. The molecule has 0 rings (SSSR count). The highest BCUT2D eigenvalue weighted by atomic mass is 16.1. The predicted octanol–water partition coefficient (Wildman–Crippen LogP) is 8.95. The lowest BCUT2D eigenvalue weighted by Crippen LogP contribution is -1.69. The molecule has 0 aliphatic rings. The number of ketones is 2. The predicted molar refractivity (Wildman–Crippen MR) is 122 cm³/mol. The first-order valence-electron chi connectivity index (χ1n) is 11.2. The Morgan fingerprint density at radius 1 is 0.385 bits per heavy atom. The molecule has 2 nitrogen and oxygen atoms in total. The van der Waals surface area contributed by atoms with Crippen LogP contribution in [0.3, 0.4) is 0 Å². The van der Waals surface area contributed by atoms with Gasteiger partial charge in [-0.15, -0.1) is 0 Å². The van der Waals surface area contributed by atoms with E-state index in [0.717, 1.165) is 0 Å². The standard InChI is InChI=1S/3C6H14.2C3H6O/c3*1-3-5-6-4-2;2*1-3(2)4/h3*3-6H2,1-2H3;2*1-2H3. The summed E-state index contributed by atoms with van der Waals surface area (Å²) in [4.78, 5) is 18.9. The molecule has 0 spiro atoms. The van der Waals surface area contributed by atoms with Crippen LogP contribution in [0.1, 0.15) is 146 Å². The van der Waals surface area contributed by atoms with Crippen molar-refractivity contribution in [3.8, 4) is 0 Å². The average Bonchev–Trinajstić information content (AvgIpc) is 2.56. The molecule has 0 atom stereocenters. The number of hydrogen-bond acceptors (Lipinski definition) is 2. The molecular formula is C24H54O2. The largest absolute Gasteiger partial charge is 0.300 e. The minimum atomic E-state index is 0.167. The molecule has 0 saturated heterocycles. The van der Waals surface area contributed by atoms with Crippen LogP contribution in [0.4, 0.5) is 0 Å². The molecule has 0 aromatic carbocycles. The van der Waals surface area contributed by atoms with Crippen molar-refractivity contribution in [3.05, 3.63) is 0 Å². The zero-order valence-corrected chi connectivity index (χ0v) is 20.3. The highest BCUT2D eigenvalue weighted by Crippen LogP contribution is 1.96. The zero-order chi connectivity index (χ0) is 21.6. The van der Waals surface area contributed by atoms with Crippen LogP contribution in [0.15, 0.2) is 0 Å². The Balaban J connectivity index is -0.0000000716. The molecule has 0 aromatic rings. The highest BCUT2D eigenvalue weighted by Gasteiger charge is 1.76. The van der Waals surface area contributed by atoms with E-state index in [1.165, 1.54) is 105 Å². The fourth-order valence-corrected chi connectivity index (χ4v) is 1.50. The van der Waals surface area contributed by atoms with Crippen molar-refractivity contribution in [1.82, 2.24) is 0 Å². The number of carbonyl (C=O) groups excluding carboxylic acids is 2. The molecule has 0 aromatic heterocycles. The van der Waals surface area contributed by atoms with E-state index in [9.17, 15) is 9.59 Å². The van der Waals surface area contributed by atoms with E-state index in [-0.39, 0.29) is 11.6 Å². The SMILES string of the molecule is CC(C)=O.CC(C)=O.CCCCCC.CCCCCC.CCCCCC. The third-order valence-corrected chi connectivity index (χ3v) is 2.87. The first-order chi connectivity index (χ1) is 12.2. The normalized spacial score (nSPS) is 8.23. The van der Waals surface area contributed by atoms with Gasteiger partial charge in [-0.25, -0.2) is 0 Å². The quantitative estimate of drug-likeness (QED) is 0.377. The minimum Gasteiger partial charge on any atom is -0.300 e. The molecule has 0 heterocycles. The van der Waals surface area contributed by atoms with Gasteiger partial charge in [0.25, 0.3) is 0 Å². The molecule has 0 radical (unpaired) electrons. The third-order valence-electron chi connectivity index (χ3n) is 2.87. The first-order valence-corrected chi connectivity index (χ1v) is 11.2. The second-order valence-corrected chi connectivity index (χ2v) is 6.94. The van der Waals surface area contributed by atoms with Crippen LogP contribution in [0.2, 0.25) is 0 Å². The Morgan fingerprint density at radius 2 is 0.462 bits per heavy atom. The van der Waals surface area contributed by atoms with Crippen molar-refractivity contribution in [2.45, 2.75) is 146 Å². The van der Waals surface area contributed by atoms with Crippen LogP contribution in [0, 0.1) is 0 Å². The maximum atomic E-state index is 9.44. The van der Waals surface area contributed by atoms with Crippen molar-refractivity contribution < 1.29 is 9.59 Å². The summed E-state index contributed by atoms with van der Waals surface area (Å²) < 4.78 is 0. The summed E-state index contributed by atoms with van der Waals surface area (Å²) in [6.07, 6.45) is 16.6. The number of carbonyl (C=O) groups is 2. The van der Waals surface area contributed by atoms with Crippen molar-refractivity contribution in [2.24, 2.45) is 0 Å². The van der Waals surface area contributed by atoms with Crippen LogP contribution in [-0.4, -0.2) is 11.6 Å². The molecule has 162 valence electrons. The van der Waals surface area contributed by atoms with Crippen LogP contribution in [-0.2, 0) is 9.59 Å². The van der Waals surface area contributed by atoms with E-state index < -0.39 is 0 Å². The van der Waals surface area contributed by atoms with Crippen molar-refractivity contribution in [1.29, 1.82) is 0 Å².